The molecule has 3 rings (SSSR count). The number of thiazole rings is 1. The highest BCUT2D eigenvalue weighted by molar-refractivity contribution is 7.22. The van der Waals surface area contributed by atoms with Crippen molar-refractivity contribution in [1.82, 2.24) is 4.98 Å². The molecule has 0 saturated heterocycles. The van der Waals surface area contributed by atoms with Crippen LogP contribution in [0.25, 0.3) is 20.8 Å². The Morgan fingerprint density at radius 1 is 1.19 bits per heavy atom. The fourth-order valence-corrected chi connectivity index (χ4v) is 3.73. The lowest BCUT2D eigenvalue weighted by Crippen LogP contribution is -1.95. The molecule has 0 amide bonds. The van der Waals surface area contributed by atoms with Crippen LogP contribution in [-0.4, -0.2) is 9.91 Å². The minimum atomic E-state index is -0.425. The normalized spacial score (nSPS) is 11.0. The highest BCUT2D eigenvalue weighted by Gasteiger charge is 2.24. The van der Waals surface area contributed by atoms with Crippen LogP contribution in [0.5, 0.6) is 0 Å². The summed E-state index contributed by atoms with van der Waals surface area (Å²) in [5.74, 6) is 0. The van der Waals surface area contributed by atoms with E-state index in [-0.39, 0.29) is 10.7 Å². The van der Waals surface area contributed by atoms with Crippen LogP contribution in [0.4, 0.5) is 5.69 Å². The summed E-state index contributed by atoms with van der Waals surface area (Å²) in [7, 11) is 0. The van der Waals surface area contributed by atoms with E-state index in [1.165, 1.54) is 11.3 Å². The molecule has 0 saturated carbocycles. The molecule has 0 bridgehead atoms. The second kappa shape index (κ2) is 5.09. The Kier molecular flexibility index (Phi) is 3.39. The van der Waals surface area contributed by atoms with E-state index < -0.39 is 4.92 Å². The molecule has 0 radical (unpaired) electrons. The number of nitro benzene ring substituents is 1. The zero-order chi connectivity index (χ0) is 15.1. The van der Waals surface area contributed by atoms with Gasteiger partial charge in [-0.1, -0.05) is 41.9 Å². The van der Waals surface area contributed by atoms with Gasteiger partial charge in [0.05, 0.1) is 15.1 Å². The van der Waals surface area contributed by atoms with Crippen LogP contribution in [0.2, 0.25) is 5.02 Å². The van der Waals surface area contributed by atoms with Crippen LogP contribution < -0.4 is 0 Å². The molecule has 6 heteroatoms. The van der Waals surface area contributed by atoms with Crippen molar-refractivity contribution < 1.29 is 4.92 Å². The lowest BCUT2D eigenvalue weighted by atomic mass is 10.1. The molecule has 4 nitrogen and oxygen atoms in total. The van der Waals surface area contributed by atoms with Crippen molar-refractivity contribution in [3.63, 3.8) is 0 Å². The number of nitrogens with zero attached hydrogens (tertiary/aromatic N) is 2. The van der Waals surface area contributed by atoms with Crippen molar-refractivity contribution in [3.8, 4) is 10.6 Å². The SMILES string of the molecule is Cc1c(Cl)c([N+](=O)[O-])c(C)c2sc(-c3ccccc3)nc12. The van der Waals surface area contributed by atoms with Gasteiger partial charge < -0.3 is 0 Å². The fraction of sp³-hybridized carbons (Fsp3) is 0.133. The largest absolute Gasteiger partial charge is 0.292 e. The maximum Gasteiger partial charge on any atom is 0.292 e. The van der Waals surface area contributed by atoms with E-state index in [0.29, 0.717) is 11.1 Å². The molecule has 1 heterocycles. The van der Waals surface area contributed by atoms with Crippen LogP contribution in [0, 0.1) is 24.0 Å². The molecular weight excluding hydrogens is 308 g/mol. The summed E-state index contributed by atoms with van der Waals surface area (Å²) >= 11 is 7.61. The number of halogens is 1. The Labute approximate surface area is 130 Å². The standard InChI is InChI=1S/C15H11ClN2O2S/c1-8-11(16)13(18(19)20)9(2)14-12(8)17-15(21-14)10-6-4-3-5-7-10/h3-7H,1-2H3. The number of benzene rings is 2. The molecule has 0 aliphatic rings. The van der Waals surface area contributed by atoms with Gasteiger partial charge >= 0.3 is 0 Å². The summed E-state index contributed by atoms with van der Waals surface area (Å²) in [5, 5.41) is 12.2. The van der Waals surface area contributed by atoms with Crippen LogP contribution in [0.3, 0.4) is 0 Å². The summed E-state index contributed by atoms with van der Waals surface area (Å²) in [4.78, 5) is 15.4. The molecule has 0 unspecified atom stereocenters. The van der Waals surface area contributed by atoms with Gasteiger partial charge in [-0.3, -0.25) is 10.1 Å². The Morgan fingerprint density at radius 3 is 2.48 bits per heavy atom. The van der Waals surface area contributed by atoms with E-state index in [1.807, 2.05) is 30.3 Å². The molecule has 0 N–H and O–H groups in total. The van der Waals surface area contributed by atoms with E-state index in [1.54, 1.807) is 13.8 Å². The Hall–Kier alpha value is -1.98. The second-order valence-corrected chi connectivity index (χ2v) is 6.11. The predicted molar refractivity (Wildman–Crippen MR) is 86.2 cm³/mol. The number of fused-ring (bicyclic) bond motifs is 1. The Bertz CT molecular complexity index is 859. The third kappa shape index (κ3) is 2.18. The first-order valence-corrected chi connectivity index (χ1v) is 7.49. The molecule has 0 atom stereocenters. The van der Waals surface area contributed by atoms with Crippen molar-refractivity contribution in [2.24, 2.45) is 0 Å². The van der Waals surface area contributed by atoms with Crippen molar-refractivity contribution in [2.45, 2.75) is 13.8 Å². The van der Waals surface area contributed by atoms with Crippen LogP contribution in [0.15, 0.2) is 30.3 Å². The van der Waals surface area contributed by atoms with Gasteiger partial charge in [0.1, 0.15) is 10.0 Å². The van der Waals surface area contributed by atoms with Gasteiger partial charge in [-0.05, 0) is 13.8 Å². The fourth-order valence-electron chi connectivity index (χ4n) is 2.30. The molecule has 2 aromatic carbocycles. The average Bonchev–Trinajstić information content (AvgIpc) is 2.91. The summed E-state index contributed by atoms with van der Waals surface area (Å²) < 4.78 is 0.822. The first-order chi connectivity index (χ1) is 10.0. The maximum atomic E-state index is 11.2. The predicted octanol–water partition coefficient (Wildman–Crippen LogP) is 5.14. The molecule has 1 aromatic heterocycles. The summed E-state index contributed by atoms with van der Waals surface area (Å²) in [5.41, 5.74) is 2.95. The molecule has 0 fully saturated rings. The van der Waals surface area contributed by atoms with Crippen molar-refractivity contribution in [2.75, 3.05) is 0 Å². The van der Waals surface area contributed by atoms with Gasteiger partial charge in [0.25, 0.3) is 5.69 Å². The molecule has 21 heavy (non-hydrogen) atoms. The van der Waals surface area contributed by atoms with E-state index in [0.717, 1.165) is 20.8 Å². The van der Waals surface area contributed by atoms with Crippen LogP contribution in [0.1, 0.15) is 11.1 Å². The maximum absolute atomic E-state index is 11.2. The topological polar surface area (TPSA) is 56.0 Å². The van der Waals surface area contributed by atoms with Crippen molar-refractivity contribution in [1.29, 1.82) is 0 Å². The zero-order valence-corrected chi connectivity index (χ0v) is 13.0. The average molecular weight is 319 g/mol. The number of aryl methyl sites for hydroxylation is 2. The number of aromatic nitrogens is 1. The van der Waals surface area contributed by atoms with Crippen LogP contribution in [-0.2, 0) is 0 Å². The molecule has 0 spiro atoms. The van der Waals surface area contributed by atoms with Crippen molar-refractivity contribution >= 4 is 38.8 Å². The molecule has 3 aromatic rings. The molecule has 0 aliphatic carbocycles. The molecule has 106 valence electrons. The summed E-state index contributed by atoms with van der Waals surface area (Å²) in [6.45, 7) is 3.49. The minimum Gasteiger partial charge on any atom is -0.258 e. The number of nitro groups is 1. The van der Waals surface area contributed by atoms with Gasteiger partial charge in [0.2, 0.25) is 0 Å². The van der Waals surface area contributed by atoms with Gasteiger partial charge in [-0.15, -0.1) is 11.3 Å². The van der Waals surface area contributed by atoms with Gasteiger partial charge in [-0.25, -0.2) is 4.98 Å². The van der Waals surface area contributed by atoms with Gasteiger partial charge in [-0.2, -0.15) is 0 Å². The highest BCUT2D eigenvalue weighted by Crippen LogP contribution is 2.42. The Balaban J connectivity index is 2.34. The molecule has 0 aliphatic heterocycles. The quantitative estimate of drug-likeness (QED) is 0.485. The third-order valence-electron chi connectivity index (χ3n) is 3.42. The van der Waals surface area contributed by atoms with Gasteiger partial charge in [0.15, 0.2) is 0 Å². The minimum absolute atomic E-state index is 0.0232. The van der Waals surface area contributed by atoms with Crippen molar-refractivity contribution in [3.05, 3.63) is 56.6 Å². The van der Waals surface area contributed by atoms with Crippen LogP contribution >= 0.6 is 22.9 Å². The Morgan fingerprint density at radius 2 is 1.86 bits per heavy atom. The smallest absolute Gasteiger partial charge is 0.258 e. The zero-order valence-electron chi connectivity index (χ0n) is 11.4. The highest BCUT2D eigenvalue weighted by atomic mass is 35.5. The third-order valence-corrected chi connectivity index (χ3v) is 5.11. The van der Waals surface area contributed by atoms with E-state index >= 15 is 0 Å². The number of hydrogen-bond acceptors (Lipinski definition) is 4. The summed E-state index contributed by atoms with van der Waals surface area (Å²) in [6.07, 6.45) is 0. The second-order valence-electron chi connectivity index (χ2n) is 4.73. The van der Waals surface area contributed by atoms with E-state index in [4.69, 9.17) is 11.6 Å². The lowest BCUT2D eigenvalue weighted by molar-refractivity contribution is -0.385. The monoisotopic (exact) mass is 318 g/mol. The number of hydrogen-bond donors (Lipinski definition) is 0. The van der Waals surface area contributed by atoms with Gasteiger partial charge in [0, 0.05) is 16.7 Å². The first-order valence-electron chi connectivity index (χ1n) is 6.29. The lowest BCUT2D eigenvalue weighted by Gasteiger charge is -2.04. The first kappa shape index (κ1) is 14.0. The number of rotatable bonds is 2. The molecular formula is C15H11ClN2O2S. The van der Waals surface area contributed by atoms with E-state index in [9.17, 15) is 10.1 Å². The van der Waals surface area contributed by atoms with E-state index in [2.05, 4.69) is 4.98 Å². The summed E-state index contributed by atoms with van der Waals surface area (Å²) in [6, 6.07) is 9.76.